The highest BCUT2D eigenvalue weighted by atomic mass is 35.5. The number of carbonyl (C=O) groups is 1. The van der Waals surface area contributed by atoms with E-state index in [-0.39, 0.29) is 12.2 Å². The van der Waals surface area contributed by atoms with Gasteiger partial charge < -0.3 is 0 Å². The predicted octanol–water partition coefficient (Wildman–Crippen LogP) is 4.72. The van der Waals surface area contributed by atoms with Crippen LogP contribution in [0.2, 0.25) is 10.0 Å². The van der Waals surface area contributed by atoms with E-state index in [2.05, 4.69) is 10.1 Å². The number of nitrogens with zero attached hydrogens (tertiary/aromatic N) is 4. The summed E-state index contributed by atoms with van der Waals surface area (Å²) in [7, 11) is -3.74. The number of nitrogens with one attached hydrogen (secondary N) is 2. The largest absolute Gasteiger partial charge is 0.286 e. The third-order valence-corrected chi connectivity index (χ3v) is 9.21. The zero-order valence-corrected chi connectivity index (χ0v) is 24.1. The fourth-order valence-corrected chi connectivity index (χ4v) is 6.76. The molecule has 1 amide bonds. The fourth-order valence-electron chi connectivity index (χ4n) is 5.02. The van der Waals surface area contributed by atoms with Gasteiger partial charge in [0.2, 0.25) is 0 Å². The smallest absolute Gasteiger partial charge is 0.283 e. The van der Waals surface area contributed by atoms with Crippen LogP contribution in [0.3, 0.4) is 0 Å². The third-order valence-electron chi connectivity index (χ3n) is 7.11. The van der Waals surface area contributed by atoms with Crippen LogP contribution >= 0.6 is 23.2 Å². The Balaban J connectivity index is 1.63. The van der Waals surface area contributed by atoms with Crippen LogP contribution < -0.4 is 10.1 Å². The molecule has 0 radical (unpaired) electrons. The summed E-state index contributed by atoms with van der Waals surface area (Å²) in [4.78, 5) is 13.7. The van der Waals surface area contributed by atoms with Crippen molar-refractivity contribution in [2.24, 2.45) is 0 Å². The van der Waals surface area contributed by atoms with Gasteiger partial charge in [-0.1, -0.05) is 59.5 Å². The van der Waals surface area contributed by atoms with Crippen LogP contribution in [0.25, 0.3) is 16.9 Å². The Hall–Kier alpha value is -2.47. The molecule has 2 aliphatic rings. The van der Waals surface area contributed by atoms with E-state index in [0.717, 1.165) is 56.3 Å². The maximum absolute atomic E-state index is 13.7. The quantitative estimate of drug-likeness (QED) is 0.395. The third kappa shape index (κ3) is 6.32. The number of aryl methyl sites for hydroxylation is 1. The standard InChI is InChI=1S/C27H32Cl2N6O3S/c1-19-7-9-20(10-8-19)26-22(18-30-39(37,38)34-15-5-6-16-34)25(27(36)32-33-13-3-2-4-14-33)31-35(26)24-12-11-21(28)17-23(24)29/h7-12,17,30H,2-6,13-16,18H2,1H3,(H,32,36). The minimum atomic E-state index is -3.74. The van der Waals surface area contributed by atoms with Crippen molar-refractivity contribution in [2.75, 3.05) is 26.2 Å². The number of piperidine rings is 1. The van der Waals surface area contributed by atoms with E-state index >= 15 is 0 Å². The molecule has 0 spiro atoms. The molecule has 208 valence electrons. The zero-order valence-electron chi connectivity index (χ0n) is 21.8. The highest BCUT2D eigenvalue weighted by molar-refractivity contribution is 7.87. The molecule has 9 nitrogen and oxygen atoms in total. The molecule has 2 aromatic carbocycles. The molecule has 0 saturated carbocycles. The fraction of sp³-hybridized carbons (Fsp3) is 0.407. The molecule has 2 saturated heterocycles. The molecule has 12 heteroatoms. The molecular weight excluding hydrogens is 559 g/mol. The number of benzene rings is 2. The number of aromatic nitrogens is 2. The summed E-state index contributed by atoms with van der Waals surface area (Å²) >= 11 is 12.8. The van der Waals surface area contributed by atoms with Gasteiger partial charge in [0.05, 0.1) is 16.4 Å². The molecule has 0 aliphatic carbocycles. The first-order valence-corrected chi connectivity index (χ1v) is 15.4. The maximum Gasteiger partial charge on any atom is 0.286 e. The summed E-state index contributed by atoms with van der Waals surface area (Å²) in [6.07, 6.45) is 4.76. The van der Waals surface area contributed by atoms with Crippen LogP contribution in [0.15, 0.2) is 42.5 Å². The van der Waals surface area contributed by atoms with Gasteiger partial charge in [-0.05, 0) is 50.8 Å². The van der Waals surface area contributed by atoms with Gasteiger partial charge in [-0.3, -0.25) is 10.2 Å². The molecule has 5 rings (SSSR count). The molecule has 0 unspecified atom stereocenters. The lowest BCUT2D eigenvalue weighted by molar-refractivity contribution is 0.0743. The van der Waals surface area contributed by atoms with Crippen LogP contribution in [-0.4, -0.2) is 59.6 Å². The Morgan fingerprint density at radius 1 is 0.949 bits per heavy atom. The van der Waals surface area contributed by atoms with E-state index in [1.54, 1.807) is 22.9 Å². The van der Waals surface area contributed by atoms with Crippen LogP contribution in [0, 0.1) is 6.92 Å². The van der Waals surface area contributed by atoms with Crippen molar-refractivity contribution >= 4 is 39.3 Å². The van der Waals surface area contributed by atoms with Crippen molar-refractivity contribution in [1.29, 1.82) is 0 Å². The van der Waals surface area contributed by atoms with Gasteiger partial charge in [-0.15, -0.1) is 0 Å². The van der Waals surface area contributed by atoms with Gasteiger partial charge in [0, 0.05) is 48.9 Å². The Bertz CT molecular complexity index is 1450. The van der Waals surface area contributed by atoms with Crippen molar-refractivity contribution in [2.45, 2.75) is 45.6 Å². The van der Waals surface area contributed by atoms with Gasteiger partial charge in [-0.2, -0.15) is 22.5 Å². The van der Waals surface area contributed by atoms with Gasteiger partial charge >= 0.3 is 0 Å². The molecule has 39 heavy (non-hydrogen) atoms. The minimum Gasteiger partial charge on any atom is -0.283 e. The van der Waals surface area contributed by atoms with Crippen molar-refractivity contribution < 1.29 is 13.2 Å². The highest BCUT2D eigenvalue weighted by Gasteiger charge is 2.30. The number of carbonyl (C=O) groups excluding carboxylic acids is 1. The zero-order chi connectivity index (χ0) is 27.6. The lowest BCUT2D eigenvalue weighted by atomic mass is 10.0. The van der Waals surface area contributed by atoms with Crippen LogP contribution in [0.1, 0.15) is 53.7 Å². The summed E-state index contributed by atoms with van der Waals surface area (Å²) < 4.78 is 32.0. The molecule has 1 aromatic heterocycles. The molecule has 3 aromatic rings. The van der Waals surface area contributed by atoms with E-state index in [1.807, 2.05) is 36.2 Å². The number of hydrogen-bond acceptors (Lipinski definition) is 5. The summed E-state index contributed by atoms with van der Waals surface area (Å²) in [5, 5.41) is 7.45. The van der Waals surface area contributed by atoms with Crippen molar-refractivity contribution in [3.05, 3.63) is 69.3 Å². The lowest BCUT2D eigenvalue weighted by Crippen LogP contribution is -2.45. The van der Waals surface area contributed by atoms with Gasteiger partial charge in [0.15, 0.2) is 5.69 Å². The Morgan fingerprint density at radius 3 is 2.28 bits per heavy atom. The summed E-state index contributed by atoms with van der Waals surface area (Å²) in [5.74, 6) is -0.399. The van der Waals surface area contributed by atoms with E-state index < -0.39 is 16.1 Å². The number of halogens is 2. The topological polar surface area (TPSA) is 99.6 Å². The number of amides is 1. The monoisotopic (exact) mass is 590 g/mol. The van der Waals surface area contributed by atoms with Gasteiger partial charge in [0.1, 0.15) is 0 Å². The van der Waals surface area contributed by atoms with Gasteiger partial charge in [0.25, 0.3) is 16.1 Å². The van der Waals surface area contributed by atoms with Crippen molar-refractivity contribution in [3.8, 4) is 16.9 Å². The number of hydrazine groups is 1. The van der Waals surface area contributed by atoms with Crippen LogP contribution in [0.5, 0.6) is 0 Å². The molecule has 0 atom stereocenters. The van der Waals surface area contributed by atoms with Crippen LogP contribution in [-0.2, 0) is 16.8 Å². The van der Waals surface area contributed by atoms with Crippen molar-refractivity contribution in [3.63, 3.8) is 0 Å². The Labute approximate surface area is 239 Å². The predicted molar refractivity (Wildman–Crippen MR) is 153 cm³/mol. The maximum atomic E-state index is 13.7. The number of hydrogen-bond donors (Lipinski definition) is 2. The Morgan fingerprint density at radius 2 is 1.62 bits per heavy atom. The van der Waals surface area contributed by atoms with E-state index in [9.17, 15) is 13.2 Å². The average molecular weight is 592 g/mol. The molecule has 3 heterocycles. The first-order valence-electron chi connectivity index (χ1n) is 13.2. The summed E-state index contributed by atoms with van der Waals surface area (Å²) in [6, 6.07) is 12.8. The molecule has 2 N–H and O–H groups in total. The minimum absolute atomic E-state index is 0.115. The molecular formula is C27H32Cl2N6O3S. The van der Waals surface area contributed by atoms with Crippen molar-refractivity contribution in [1.82, 2.24) is 29.2 Å². The Kier molecular flexibility index (Phi) is 8.60. The molecule has 0 bridgehead atoms. The second-order valence-electron chi connectivity index (χ2n) is 9.97. The second kappa shape index (κ2) is 12.0. The lowest BCUT2D eigenvalue weighted by Gasteiger charge is -2.26. The average Bonchev–Trinajstić information content (AvgIpc) is 3.58. The summed E-state index contributed by atoms with van der Waals surface area (Å²) in [5.41, 5.74) is 6.51. The van der Waals surface area contributed by atoms with Gasteiger partial charge in [-0.25, -0.2) is 9.69 Å². The first-order chi connectivity index (χ1) is 18.7. The second-order valence-corrected chi connectivity index (χ2v) is 12.6. The molecule has 2 fully saturated rings. The van der Waals surface area contributed by atoms with Crippen LogP contribution in [0.4, 0.5) is 0 Å². The van der Waals surface area contributed by atoms with E-state index in [4.69, 9.17) is 28.3 Å². The van der Waals surface area contributed by atoms with E-state index in [0.29, 0.717) is 40.1 Å². The normalized spacial score (nSPS) is 17.0. The van der Waals surface area contributed by atoms with E-state index in [1.165, 1.54) is 4.31 Å². The number of rotatable bonds is 8. The summed E-state index contributed by atoms with van der Waals surface area (Å²) in [6.45, 7) is 4.31. The first kappa shape index (κ1) is 28.1. The highest BCUT2D eigenvalue weighted by Crippen LogP contribution is 2.33. The molecule has 2 aliphatic heterocycles. The SMILES string of the molecule is Cc1ccc(-c2c(CNS(=O)(=O)N3CCCC3)c(C(=O)NN3CCCCC3)nn2-c2ccc(Cl)cc2Cl)cc1.